The lowest BCUT2D eigenvalue weighted by molar-refractivity contribution is -0.132. The lowest BCUT2D eigenvalue weighted by atomic mass is 10.0. The van der Waals surface area contributed by atoms with Crippen molar-refractivity contribution in [2.75, 3.05) is 0 Å². The lowest BCUT2D eigenvalue weighted by Gasteiger charge is -2.12. The van der Waals surface area contributed by atoms with Gasteiger partial charge in [0.25, 0.3) is 0 Å². The van der Waals surface area contributed by atoms with E-state index < -0.39 is 11.9 Å². The summed E-state index contributed by atoms with van der Waals surface area (Å²) in [5, 5.41) is 0.230. The summed E-state index contributed by atoms with van der Waals surface area (Å²) in [6.45, 7) is 6.24. The maximum Gasteiger partial charge on any atom is 0.308 e. The van der Waals surface area contributed by atoms with E-state index in [-0.39, 0.29) is 16.6 Å². The van der Waals surface area contributed by atoms with Gasteiger partial charge in [-0.15, -0.1) is 0 Å². The third-order valence-corrected chi connectivity index (χ3v) is 4.13. The maximum absolute atomic E-state index is 12.7. The minimum absolute atomic E-state index is 0.225. The molecule has 0 spiro atoms. The van der Waals surface area contributed by atoms with Crippen molar-refractivity contribution in [2.45, 2.75) is 27.7 Å². The molecule has 0 amide bonds. The van der Waals surface area contributed by atoms with Crippen LogP contribution in [0.5, 0.6) is 11.5 Å². The Morgan fingerprint density at radius 2 is 1.56 bits per heavy atom. The summed E-state index contributed by atoms with van der Waals surface area (Å²) in [4.78, 5) is 35.2. The highest BCUT2D eigenvalue weighted by molar-refractivity contribution is 5.89. The van der Waals surface area contributed by atoms with E-state index in [9.17, 15) is 14.4 Å². The summed E-state index contributed by atoms with van der Waals surface area (Å²) >= 11 is 0. The van der Waals surface area contributed by atoms with E-state index in [1.165, 1.54) is 19.9 Å². The van der Waals surface area contributed by atoms with Gasteiger partial charge in [-0.1, -0.05) is 0 Å². The summed E-state index contributed by atoms with van der Waals surface area (Å²) in [5.74, 6) is 0.0679. The Labute approximate surface area is 155 Å². The van der Waals surface area contributed by atoms with Crippen LogP contribution in [0, 0.1) is 13.8 Å². The molecule has 0 aliphatic carbocycles. The highest BCUT2D eigenvalue weighted by Crippen LogP contribution is 2.33. The van der Waals surface area contributed by atoms with E-state index in [0.717, 1.165) is 5.56 Å². The fraction of sp³-hybridized carbons (Fsp3) is 0.190. The van der Waals surface area contributed by atoms with Crippen molar-refractivity contribution in [3.05, 3.63) is 57.7 Å². The third-order valence-electron chi connectivity index (χ3n) is 4.13. The summed E-state index contributed by atoms with van der Waals surface area (Å²) < 4.78 is 16.2. The number of hydrogen-bond acceptors (Lipinski definition) is 6. The minimum Gasteiger partial charge on any atom is -0.456 e. The van der Waals surface area contributed by atoms with Crippen LogP contribution in [-0.4, -0.2) is 11.9 Å². The van der Waals surface area contributed by atoms with Crippen molar-refractivity contribution < 1.29 is 23.5 Å². The largest absolute Gasteiger partial charge is 0.456 e. The van der Waals surface area contributed by atoms with Gasteiger partial charge in [0.05, 0.1) is 0 Å². The van der Waals surface area contributed by atoms with E-state index in [4.69, 9.17) is 13.9 Å². The molecule has 0 unspecified atom stereocenters. The lowest BCUT2D eigenvalue weighted by Crippen LogP contribution is -2.09. The fourth-order valence-electron chi connectivity index (χ4n) is 2.78. The second kappa shape index (κ2) is 7.07. The normalized spacial score (nSPS) is 10.7. The molecule has 0 aliphatic rings. The van der Waals surface area contributed by atoms with Crippen LogP contribution >= 0.6 is 0 Å². The number of carbonyl (C=O) groups is 2. The summed E-state index contributed by atoms with van der Waals surface area (Å²) in [5.41, 5.74) is 2.22. The molecule has 27 heavy (non-hydrogen) atoms. The molecule has 0 aliphatic heterocycles. The molecule has 0 saturated carbocycles. The first kappa shape index (κ1) is 18.4. The van der Waals surface area contributed by atoms with Crippen molar-refractivity contribution in [1.29, 1.82) is 0 Å². The van der Waals surface area contributed by atoms with Crippen LogP contribution in [0.25, 0.3) is 22.3 Å². The Balaban J connectivity index is 2.15. The third kappa shape index (κ3) is 3.74. The predicted octanol–water partition coefficient (Wildman–Crippen LogP) is 3.93. The zero-order valence-electron chi connectivity index (χ0n) is 15.4. The van der Waals surface area contributed by atoms with Crippen LogP contribution in [-0.2, 0) is 9.59 Å². The molecule has 0 atom stereocenters. The number of hydrogen-bond donors (Lipinski definition) is 0. The van der Waals surface area contributed by atoms with Gasteiger partial charge in [0.1, 0.15) is 28.2 Å². The number of fused-ring (bicyclic) bond motifs is 1. The molecule has 3 aromatic rings. The van der Waals surface area contributed by atoms with E-state index in [0.29, 0.717) is 28.2 Å². The van der Waals surface area contributed by atoms with Crippen molar-refractivity contribution in [3.8, 4) is 22.8 Å². The Morgan fingerprint density at radius 1 is 0.926 bits per heavy atom. The average Bonchev–Trinajstić information content (AvgIpc) is 2.58. The first-order valence-electron chi connectivity index (χ1n) is 8.31. The molecule has 0 radical (unpaired) electrons. The number of carbonyl (C=O) groups excluding carboxylic acids is 2. The molecule has 6 nitrogen and oxygen atoms in total. The van der Waals surface area contributed by atoms with E-state index in [1.807, 2.05) is 6.92 Å². The molecule has 1 aromatic heterocycles. The average molecular weight is 366 g/mol. The van der Waals surface area contributed by atoms with Gasteiger partial charge in [0.15, 0.2) is 5.43 Å². The maximum atomic E-state index is 12.7. The molecule has 0 saturated heterocycles. The Hall–Kier alpha value is -3.41. The Morgan fingerprint density at radius 3 is 2.15 bits per heavy atom. The highest BCUT2D eigenvalue weighted by Gasteiger charge is 2.17. The van der Waals surface area contributed by atoms with E-state index in [1.54, 1.807) is 37.3 Å². The van der Waals surface area contributed by atoms with Gasteiger partial charge in [-0.2, -0.15) is 0 Å². The van der Waals surface area contributed by atoms with Crippen LogP contribution in [0.4, 0.5) is 0 Å². The van der Waals surface area contributed by atoms with Crippen LogP contribution in [0.3, 0.4) is 0 Å². The van der Waals surface area contributed by atoms with Gasteiger partial charge in [-0.25, -0.2) is 0 Å². The van der Waals surface area contributed by atoms with Crippen LogP contribution < -0.4 is 14.9 Å². The van der Waals surface area contributed by atoms with Gasteiger partial charge in [0.2, 0.25) is 0 Å². The molecular formula is C21H18O6. The highest BCUT2D eigenvalue weighted by atomic mass is 16.5. The second-order valence-electron chi connectivity index (χ2n) is 6.21. The molecule has 2 aromatic carbocycles. The summed E-state index contributed by atoms with van der Waals surface area (Å²) in [6.07, 6.45) is 0. The van der Waals surface area contributed by atoms with Gasteiger partial charge in [0, 0.05) is 25.5 Å². The van der Waals surface area contributed by atoms with Gasteiger partial charge < -0.3 is 13.9 Å². The topological polar surface area (TPSA) is 82.8 Å². The van der Waals surface area contributed by atoms with E-state index in [2.05, 4.69) is 0 Å². The molecule has 0 bridgehead atoms. The minimum atomic E-state index is -0.505. The Kier molecular flexibility index (Phi) is 4.81. The second-order valence-corrected chi connectivity index (χ2v) is 6.21. The van der Waals surface area contributed by atoms with E-state index >= 15 is 0 Å². The summed E-state index contributed by atoms with van der Waals surface area (Å²) in [7, 11) is 0. The van der Waals surface area contributed by atoms with Crippen LogP contribution in [0.1, 0.15) is 25.0 Å². The zero-order valence-corrected chi connectivity index (χ0v) is 15.4. The SMILES string of the molecule is CC(=O)Oc1ccc(-c2cc(=O)c3c(OC(C)=O)c(C)c(C)cc3o2)cc1. The molecular weight excluding hydrogens is 348 g/mol. The standard InChI is InChI=1S/C21H18O6/c1-11-9-19-20(21(12(11)2)26-14(4)23)17(24)10-18(27-19)15-5-7-16(8-6-15)25-13(3)22/h5-10H,1-4H3. The first-order chi connectivity index (χ1) is 12.8. The molecule has 0 N–H and O–H groups in total. The van der Waals surface area contributed by atoms with Crippen molar-refractivity contribution in [2.24, 2.45) is 0 Å². The Bertz CT molecular complexity index is 1110. The monoisotopic (exact) mass is 366 g/mol. The quantitative estimate of drug-likeness (QED) is 0.516. The van der Waals surface area contributed by atoms with Crippen molar-refractivity contribution >= 4 is 22.9 Å². The van der Waals surface area contributed by atoms with Gasteiger partial charge >= 0.3 is 11.9 Å². The molecule has 138 valence electrons. The summed E-state index contributed by atoms with van der Waals surface area (Å²) in [6, 6.07) is 9.71. The zero-order chi connectivity index (χ0) is 19.7. The van der Waals surface area contributed by atoms with Crippen molar-refractivity contribution in [3.63, 3.8) is 0 Å². The molecule has 3 rings (SSSR count). The number of benzene rings is 2. The number of rotatable bonds is 3. The fourth-order valence-corrected chi connectivity index (χ4v) is 2.78. The number of ether oxygens (including phenoxy) is 2. The predicted molar refractivity (Wildman–Crippen MR) is 100 cm³/mol. The smallest absolute Gasteiger partial charge is 0.308 e. The van der Waals surface area contributed by atoms with Gasteiger partial charge in [-0.05, 0) is 55.3 Å². The molecule has 6 heteroatoms. The van der Waals surface area contributed by atoms with Gasteiger partial charge in [-0.3, -0.25) is 14.4 Å². The number of aryl methyl sites for hydroxylation is 1. The number of esters is 2. The molecule has 0 fully saturated rings. The van der Waals surface area contributed by atoms with Crippen LogP contribution in [0.2, 0.25) is 0 Å². The molecule has 1 heterocycles. The van der Waals surface area contributed by atoms with Crippen LogP contribution in [0.15, 0.2) is 45.6 Å². The first-order valence-corrected chi connectivity index (χ1v) is 8.31. The van der Waals surface area contributed by atoms with Crippen molar-refractivity contribution in [1.82, 2.24) is 0 Å².